The predicted molar refractivity (Wildman–Crippen MR) is 76.3 cm³/mol. The van der Waals surface area contributed by atoms with Crippen LogP contribution >= 0.6 is 10.3 Å². The molecule has 0 aliphatic carbocycles. The number of aliphatic hydroxyl groups excluding tert-OH is 2. The van der Waals surface area contributed by atoms with E-state index in [9.17, 15) is 21.6 Å². The van der Waals surface area contributed by atoms with Gasteiger partial charge in [-0.15, -0.1) is 10.3 Å². The minimum atomic E-state index is -5.96. The van der Waals surface area contributed by atoms with Gasteiger partial charge in [-0.3, -0.25) is 0 Å². The second-order valence-corrected chi connectivity index (χ2v) is 9.27. The van der Waals surface area contributed by atoms with Gasteiger partial charge >= 0.3 is 15.6 Å². The third-order valence-corrected chi connectivity index (χ3v) is 7.82. The molecule has 0 fully saturated rings. The topological polar surface area (TPSA) is 131 Å². The highest BCUT2D eigenvalue weighted by Gasteiger charge is 2.50. The summed E-state index contributed by atoms with van der Waals surface area (Å²) in [7, 11) is -9.13. The maximum atomic E-state index is 12.5. The number of hydrogen-bond donors (Lipinski definition) is 2. The number of hydrogen-bond acceptors (Lipinski definition) is 7. The fourth-order valence-corrected chi connectivity index (χ4v) is 6.24. The predicted octanol–water partition coefficient (Wildman–Crippen LogP) is 0.920. The Labute approximate surface area is 133 Å². The lowest BCUT2D eigenvalue weighted by Gasteiger charge is -2.37. The smallest absolute Gasteiger partial charge is 0.395 e. The van der Waals surface area contributed by atoms with Crippen LogP contribution in [0.25, 0.3) is 0 Å². The number of halogens is 3. The average molecular weight is 376 g/mol. The zero-order valence-electron chi connectivity index (χ0n) is 12.0. The van der Waals surface area contributed by atoms with Crippen LogP contribution in [-0.4, -0.2) is 54.6 Å². The second kappa shape index (κ2) is 8.52. The SMILES string of the molecule is CC(CS(CCO)(CCO)OS(=O)(=O)C(F)(F)F)=C(C#N)C#N. The van der Waals surface area contributed by atoms with E-state index >= 15 is 0 Å². The van der Waals surface area contributed by atoms with Crippen LogP contribution in [0.5, 0.6) is 0 Å². The van der Waals surface area contributed by atoms with Crippen LogP contribution in [0.2, 0.25) is 0 Å². The molecule has 0 spiro atoms. The highest BCUT2D eigenvalue weighted by molar-refractivity contribution is 8.33. The van der Waals surface area contributed by atoms with E-state index in [1.54, 1.807) is 0 Å². The molecule has 0 aromatic heterocycles. The summed E-state index contributed by atoms with van der Waals surface area (Å²) in [6, 6.07) is 3.06. The molecule has 0 heterocycles. The Bertz CT molecular complexity index is 610. The van der Waals surface area contributed by atoms with Crippen LogP contribution in [0.4, 0.5) is 13.2 Å². The molecule has 7 nitrogen and oxygen atoms in total. The quantitative estimate of drug-likeness (QED) is 0.475. The molecule has 0 atom stereocenters. The summed E-state index contributed by atoms with van der Waals surface area (Å²) in [4.78, 5) is 0. The van der Waals surface area contributed by atoms with E-state index in [0.717, 1.165) is 0 Å². The molecular weight excluding hydrogens is 361 g/mol. The standard InChI is InChI=1S/C11H15F3N2O5S2/c1-9(10(6-15)7-16)8-22(4-2-17,5-3-18)21-23(19,20)11(12,13)14/h17-18H,2-5,8H2,1H3. The van der Waals surface area contributed by atoms with Crippen molar-refractivity contribution >= 4 is 20.4 Å². The minimum Gasteiger partial charge on any atom is -0.395 e. The highest BCUT2D eigenvalue weighted by Crippen LogP contribution is 2.53. The van der Waals surface area contributed by atoms with Gasteiger partial charge in [-0.05, 0) is 12.5 Å². The molecule has 2 N–H and O–H groups in total. The van der Waals surface area contributed by atoms with E-state index in [1.807, 2.05) is 0 Å². The summed E-state index contributed by atoms with van der Waals surface area (Å²) >= 11 is 0. The van der Waals surface area contributed by atoms with Crippen molar-refractivity contribution in [2.75, 3.05) is 30.5 Å². The molecule has 0 saturated heterocycles. The van der Waals surface area contributed by atoms with Gasteiger partial charge in [0.05, 0.1) is 13.2 Å². The average Bonchev–Trinajstić information content (AvgIpc) is 2.38. The molecule has 23 heavy (non-hydrogen) atoms. The van der Waals surface area contributed by atoms with Gasteiger partial charge in [-0.1, -0.05) is 0 Å². The first-order valence-corrected chi connectivity index (χ1v) is 9.46. The van der Waals surface area contributed by atoms with Crippen LogP contribution in [0.15, 0.2) is 11.1 Å². The maximum absolute atomic E-state index is 12.5. The molecule has 0 unspecified atom stereocenters. The Morgan fingerprint density at radius 1 is 1.13 bits per heavy atom. The van der Waals surface area contributed by atoms with Crippen LogP contribution in [0.1, 0.15) is 6.92 Å². The van der Waals surface area contributed by atoms with E-state index in [1.165, 1.54) is 19.1 Å². The van der Waals surface area contributed by atoms with Crippen LogP contribution in [0, 0.1) is 22.7 Å². The molecule has 132 valence electrons. The molecule has 0 saturated carbocycles. The van der Waals surface area contributed by atoms with Crippen molar-refractivity contribution in [2.45, 2.75) is 12.4 Å². The largest absolute Gasteiger partial charge is 0.523 e. The molecular formula is C11H15F3N2O5S2. The molecule has 0 aromatic rings. The molecule has 0 bridgehead atoms. The lowest BCUT2D eigenvalue weighted by molar-refractivity contribution is -0.0496. The minimum absolute atomic E-state index is 0.0178. The van der Waals surface area contributed by atoms with Gasteiger partial charge in [0.1, 0.15) is 17.7 Å². The molecule has 0 rings (SSSR count). The van der Waals surface area contributed by atoms with Crippen molar-refractivity contribution in [1.82, 2.24) is 0 Å². The van der Waals surface area contributed by atoms with Crippen LogP contribution < -0.4 is 0 Å². The number of nitrogens with zero attached hydrogens (tertiary/aromatic N) is 2. The van der Waals surface area contributed by atoms with Gasteiger partial charge in [0.25, 0.3) is 0 Å². The molecule has 0 radical (unpaired) electrons. The Morgan fingerprint density at radius 2 is 1.57 bits per heavy atom. The third kappa shape index (κ3) is 6.01. The Kier molecular flexibility index (Phi) is 8.03. The zero-order valence-corrected chi connectivity index (χ0v) is 13.6. The fourth-order valence-electron chi connectivity index (χ4n) is 1.58. The van der Waals surface area contributed by atoms with Crippen molar-refractivity contribution in [2.24, 2.45) is 0 Å². The molecule has 0 aliphatic heterocycles. The Balaban J connectivity index is 5.91. The number of allylic oxidation sites excluding steroid dienone is 1. The van der Waals surface area contributed by atoms with Crippen LogP contribution in [-0.2, 0) is 13.7 Å². The second-order valence-electron chi connectivity index (χ2n) is 4.31. The van der Waals surface area contributed by atoms with Crippen LogP contribution in [0.3, 0.4) is 0 Å². The van der Waals surface area contributed by atoms with E-state index in [2.05, 4.69) is 3.63 Å². The maximum Gasteiger partial charge on any atom is 0.523 e. The van der Waals surface area contributed by atoms with Crippen molar-refractivity contribution < 1.29 is 35.4 Å². The van der Waals surface area contributed by atoms with E-state index in [4.69, 9.17) is 20.7 Å². The summed E-state index contributed by atoms with van der Waals surface area (Å²) in [5.41, 5.74) is -6.05. The number of aliphatic hydroxyl groups is 2. The third-order valence-electron chi connectivity index (χ3n) is 2.57. The van der Waals surface area contributed by atoms with E-state index in [-0.39, 0.29) is 5.57 Å². The summed E-state index contributed by atoms with van der Waals surface area (Å²) in [5, 5.41) is 35.6. The van der Waals surface area contributed by atoms with Gasteiger partial charge in [0.15, 0.2) is 0 Å². The van der Waals surface area contributed by atoms with Gasteiger partial charge in [-0.25, -0.2) is 3.63 Å². The highest BCUT2D eigenvalue weighted by atomic mass is 32.3. The summed E-state index contributed by atoms with van der Waals surface area (Å²) < 4.78 is 64.5. The first-order chi connectivity index (χ1) is 10.5. The van der Waals surface area contributed by atoms with Crippen molar-refractivity contribution in [3.05, 3.63) is 11.1 Å². The zero-order chi connectivity index (χ0) is 18.3. The lowest BCUT2D eigenvalue weighted by atomic mass is 10.2. The van der Waals surface area contributed by atoms with Gasteiger partial charge in [0.2, 0.25) is 0 Å². The van der Waals surface area contributed by atoms with Gasteiger partial charge < -0.3 is 10.2 Å². The van der Waals surface area contributed by atoms with Crippen molar-refractivity contribution in [3.63, 3.8) is 0 Å². The Morgan fingerprint density at radius 3 is 1.87 bits per heavy atom. The molecule has 0 aromatic carbocycles. The molecule has 0 amide bonds. The molecule has 12 heteroatoms. The van der Waals surface area contributed by atoms with Crippen molar-refractivity contribution in [1.29, 1.82) is 10.5 Å². The number of alkyl halides is 3. The fraction of sp³-hybridized carbons (Fsp3) is 0.636. The summed E-state index contributed by atoms with van der Waals surface area (Å²) in [5.74, 6) is -1.41. The monoisotopic (exact) mass is 376 g/mol. The molecule has 0 aliphatic rings. The van der Waals surface area contributed by atoms with Crippen molar-refractivity contribution in [3.8, 4) is 12.1 Å². The van der Waals surface area contributed by atoms with Gasteiger partial charge in [-0.2, -0.15) is 32.1 Å². The number of rotatable bonds is 8. The first kappa shape index (κ1) is 21.7. The van der Waals surface area contributed by atoms with E-state index < -0.39 is 62.0 Å². The first-order valence-electron chi connectivity index (χ1n) is 5.99. The normalized spacial score (nSPS) is 13.0. The number of nitriles is 2. The lowest BCUT2D eigenvalue weighted by Crippen LogP contribution is -2.31. The van der Waals surface area contributed by atoms with E-state index in [0.29, 0.717) is 0 Å². The Hall–Kier alpha value is -1.31. The van der Waals surface area contributed by atoms with Gasteiger partial charge in [0, 0.05) is 17.3 Å². The summed E-state index contributed by atoms with van der Waals surface area (Å²) in [6.45, 7) is -0.114. The summed E-state index contributed by atoms with van der Waals surface area (Å²) in [6.07, 6.45) is 0.